The molecule has 0 fully saturated rings. The van der Waals surface area contributed by atoms with Gasteiger partial charge in [0.1, 0.15) is 5.54 Å². The van der Waals surface area contributed by atoms with Crippen molar-refractivity contribution < 1.29 is 13.6 Å². The van der Waals surface area contributed by atoms with Crippen molar-refractivity contribution in [3.8, 4) is 6.07 Å². The molecule has 0 spiro atoms. The number of rotatable bonds is 7. The van der Waals surface area contributed by atoms with E-state index in [1.807, 2.05) is 13.8 Å². The van der Waals surface area contributed by atoms with Crippen molar-refractivity contribution in [1.29, 1.82) is 5.26 Å². The molecule has 0 aliphatic rings. The first-order valence-corrected chi connectivity index (χ1v) is 7.66. The first-order valence-electron chi connectivity index (χ1n) is 6.78. The Balaban J connectivity index is 2.52. The molecule has 2 N–H and O–H groups in total. The number of anilines is 1. The standard InChI is InChI=1S/C15H19F2N3OS/c1-10(2)15(3,9-18)20-13(21)8-19-11-4-6-12(7-5-11)22-14(16)17/h4-7,10,14,19H,8H2,1-3H3,(H,20,21). The molecular formula is C15H19F2N3OS. The van der Waals surface area contributed by atoms with Gasteiger partial charge in [-0.05, 0) is 37.1 Å². The number of thioether (sulfide) groups is 1. The molecule has 22 heavy (non-hydrogen) atoms. The fourth-order valence-corrected chi connectivity index (χ4v) is 2.07. The van der Waals surface area contributed by atoms with Crippen LogP contribution in [0, 0.1) is 17.2 Å². The summed E-state index contributed by atoms with van der Waals surface area (Å²) in [4.78, 5) is 12.3. The third-order valence-electron chi connectivity index (χ3n) is 3.32. The van der Waals surface area contributed by atoms with Gasteiger partial charge in [-0.1, -0.05) is 25.6 Å². The van der Waals surface area contributed by atoms with E-state index >= 15 is 0 Å². The van der Waals surface area contributed by atoms with E-state index in [1.165, 1.54) is 0 Å². The molecule has 0 bridgehead atoms. The van der Waals surface area contributed by atoms with Gasteiger partial charge < -0.3 is 10.6 Å². The minimum Gasteiger partial charge on any atom is -0.376 e. The van der Waals surface area contributed by atoms with Crippen LogP contribution in [0.3, 0.4) is 0 Å². The van der Waals surface area contributed by atoms with Crippen molar-refractivity contribution in [3.05, 3.63) is 24.3 Å². The van der Waals surface area contributed by atoms with Gasteiger partial charge in [0, 0.05) is 10.6 Å². The predicted octanol–water partition coefficient (Wildman–Crippen LogP) is 3.47. The Hall–Kier alpha value is -1.81. The summed E-state index contributed by atoms with van der Waals surface area (Å²) in [6.07, 6.45) is 0. The third-order valence-corrected chi connectivity index (χ3v) is 4.04. The van der Waals surface area contributed by atoms with Gasteiger partial charge in [0.2, 0.25) is 5.91 Å². The minimum atomic E-state index is -2.45. The van der Waals surface area contributed by atoms with Gasteiger partial charge in [-0.2, -0.15) is 14.0 Å². The topological polar surface area (TPSA) is 64.9 Å². The molecule has 0 heterocycles. The quantitative estimate of drug-likeness (QED) is 0.753. The number of hydrogen-bond donors (Lipinski definition) is 2. The molecule has 0 saturated carbocycles. The van der Waals surface area contributed by atoms with Crippen LogP contribution in [0.25, 0.3) is 0 Å². The van der Waals surface area contributed by atoms with Crippen LogP contribution in [-0.4, -0.2) is 23.7 Å². The fourth-order valence-electron chi connectivity index (χ4n) is 1.57. The summed E-state index contributed by atoms with van der Waals surface area (Å²) in [7, 11) is 0. The van der Waals surface area contributed by atoms with E-state index in [1.54, 1.807) is 31.2 Å². The van der Waals surface area contributed by atoms with Crippen LogP contribution >= 0.6 is 11.8 Å². The zero-order valence-corrected chi connectivity index (χ0v) is 13.5. The maximum Gasteiger partial charge on any atom is 0.288 e. The summed E-state index contributed by atoms with van der Waals surface area (Å²) in [5, 5.41) is 14.7. The van der Waals surface area contributed by atoms with Crippen LogP contribution in [0.4, 0.5) is 14.5 Å². The summed E-state index contributed by atoms with van der Waals surface area (Å²) < 4.78 is 24.4. The number of halogens is 2. The van der Waals surface area contributed by atoms with Gasteiger partial charge in [-0.25, -0.2) is 0 Å². The number of amides is 1. The lowest BCUT2D eigenvalue weighted by molar-refractivity contribution is -0.121. The normalized spacial score (nSPS) is 13.5. The Morgan fingerprint density at radius 3 is 2.41 bits per heavy atom. The van der Waals surface area contributed by atoms with E-state index in [-0.39, 0.29) is 18.4 Å². The van der Waals surface area contributed by atoms with Crippen LogP contribution in [0.15, 0.2) is 29.2 Å². The van der Waals surface area contributed by atoms with Crippen molar-refractivity contribution >= 4 is 23.4 Å². The molecule has 1 unspecified atom stereocenters. The summed E-state index contributed by atoms with van der Waals surface area (Å²) >= 11 is 0.469. The van der Waals surface area contributed by atoms with Gasteiger partial charge in [-0.15, -0.1) is 0 Å². The van der Waals surface area contributed by atoms with Crippen molar-refractivity contribution in [1.82, 2.24) is 5.32 Å². The summed E-state index contributed by atoms with van der Waals surface area (Å²) in [5.41, 5.74) is -0.270. The van der Waals surface area contributed by atoms with Gasteiger partial charge in [0.15, 0.2) is 0 Å². The zero-order valence-electron chi connectivity index (χ0n) is 12.7. The second kappa shape index (κ2) is 7.99. The Bertz CT molecular complexity index is 543. The largest absolute Gasteiger partial charge is 0.376 e. The smallest absolute Gasteiger partial charge is 0.288 e. The summed E-state index contributed by atoms with van der Waals surface area (Å²) in [5.74, 6) is -2.78. The molecule has 1 amide bonds. The fraction of sp³-hybridized carbons (Fsp3) is 0.467. The molecule has 1 aromatic rings. The van der Waals surface area contributed by atoms with Crippen LogP contribution in [-0.2, 0) is 4.79 Å². The number of alkyl halides is 2. The highest BCUT2D eigenvalue weighted by Gasteiger charge is 2.29. The number of benzene rings is 1. The molecule has 0 aliphatic heterocycles. The monoisotopic (exact) mass is 327 g/mol. The van der Waals surface area contributed by atoms with E-state index in [0.717, 1.165) is 0 Å². The van der Waals surface area contributed by atoms with Crippen molar-refractivity contribution in [2.24, 2.45) is 5.92 Å². The molecule has 1 aromatic carbocycles. The maximum atomic E-state index is 12.2. The molecular weight excluding hydrogens is 308 g/mol. The third kappa shape index (κ3) is 5.53. The van der Waals surface area contributed by atoms with E-state index in [9.17, 15) is 13.6 Å². The van der Waals surface area contributed by atoms with Crippen LogP contribution in [0.2, 0.25) is 0 Å². The second-order valence-electron chi connectivity index (χ2n) is 5.27. The first-order chi connectivity index (χ1) is 10.3. The van der Waals surface area contributed by atoms with Gasteiger partial charge in [-0.3, -0.25) is 4.79 Å². The Morgan fingerprint density at radius 1 is 1.36 bits per heavy atom. The van der Waals surface area contributed by atoms with E-state index in [0.29, 0.717) is 22.3 Å². The number of hydrogen-bond acceptors (Lipinski definition) is 4. The minimum absolute atomic E-state index is 0.00528. The molecule has 4 nitrogen and oxygen atoms in total. The predicted molar refractivity (Wildman–Crippen MR) is 83.8 cm³/mol. The lowest BCUT2D eigenvalue weighted by atomic mass is 9.90. The molecule has 1 atom stereocenters. The Labute approximate surface area is 133 Å². The molecule has 0 radical (unpaired) electrons. The van der Waals surface area contributed by atoms with Gasteiger partial charge in [0.25, 0.3) is 5.76 Å². The highest BCUT2D eigenvalue weighted by molar-refractivity contribution is 7.99. The molecule has 120 valence electrons. The lowest BCUT2D eigenvalue weighted by Crippen LogP contribution is -2.50. The Kier molecular flexibility index (Phi) is 6.62. The maximum absolute atomic E-state index is 12.2. The SMILES string of the molecule is CC(C)C(C)(C#N)NC(=O)CNc1ccc(SC(F)F)cc1. The zero-order chi connectivity index (χ0) is 16.8. The number of carbonyl (C=O) groups excluding carboxylic acids is 1. The van der Waals surface area contributed by atoms with Gasteiger partial charge >= 0.3 is 0 Å². The summed E-state index contributed by atoms with van der Waals surface area (Å²) in [6, 6.07) is 8.48. The van der Waals surface area contributed by atoms with Crippen LogP contribution in [0.5, 0.6) is 0 Å². The number of nitrogens with zero attached hydrogens (tertiary/aromatic N) is 1. The number of carbonyl (C=O) groups is 1. The number of nitriles is 1. The molecule has 0 saturated heterocycles. The van der Waals surface area contributed by atoms with Crippen molar-refractivity contribution in [3.63, 3.8) is 0 Å². The van der Waals surface area contributed by atoms with Gasteiger partial charge in [0.05, 0.1) is 12.6 Å². The Morgan fingerprint density at radius 2 is 1.95 bits per heavy atom. The average molecular weight is 327 g/mol. The highest BCUT2D eigenvalue weighted by Crippen LogP contribution is 2.26. The molecule has 0 aliphatic carbocycles. The second-order valence-corrected chi connectivity index (χ2v) is 6.34. The lowest BCUT2D eigenvalue weighted by Gasteiger charge is -2.27. The number of nitrogens with one attached hydrogen (secondary N) is 2. The highest BCUT2D eigenvalue weighted by atomic mass is 32.2. The van der Waals surface area contributed by atoms with Crippen molar-refractivity contribution in [2.45, 2.75) is 37.0 Å². The average Bonchev–Trinajstić information content (AvgIpc) is 2.45. The van der Waals surface area contributed by atoms with E-state index < -0.39 is 11.3 Å². The summed E-state index contributed by atoms with van der Waals surface area (Å²) in [6.45, 7) is 5.39. The first kappa shape index (κ1) is 18.2. The molecule has 1 rings (SSSR count). The van der Waals surface area contributed by atoms with Crippen molar-refractivity contribution in [2.75, 3.05) is 11.9 Å². The van der Waals surface area contributed by atoms with E-state index in [2.05, 4.69) is 16.7 Å². The molecule has 7 heteroatoms. The van der Waals surface area contributed by atoms with E-state index in [4.69, 9.17) is 5.26 Å². The molecule has 0 aromatic heterocycles. The van der Waals surface area contributed by atoms with Crippen LogP contribution in [0.1, 0.15) is 20.8 Å². The van der Waals surface area contributed by atoms with Crippen LogP contribution < -0.4 is 10.6 Å².